The Balaban J connectivity index is 2.31. The van der Waals surface area contributed by atoms with Crippen LogP contribution in [0.1, 0.15) is 66.0 Å². The largest absolute Gasteiger partial charge is 0.352 e. The third-order valence-corrected chi connectivity index (χ3v) is 6.45. The Morgan fingerprint density at radius 2 is 1.71 bits per heavy atom. The molecule has 9 heteroatoms. The van der Waals surface area contributed by atoms with E-state index in [2.05, 4.69) is 21.3 Å². The predicted octanol–water partition coefficient (Wildman–Crippen LogP) is 1.50. The van der Waals surface area contributed by atoms with Crippen molar-refractivity contribution >= 4 is 23.6 Å². The van der Waals surface area contributed by atoms with Gasteiger partial charge in [-0.3, -0.25) is 19.2 Å². The van der Waals surface area contributed by atoms with Crippen LogP contribution >= 0.6 is 0 Å². The quantitative estimate of drug-likeness (QED) is 0.421. The van der Waals surface area contributed by atoms with Gasteiger partial charge in [0.15, 0.2) is 0 Å². The maximum atomic E-state index is 13.8. The molecule has 1 aliphatic rings. The molecule has 1 heterocycles. The van der Waals surface area contributed by atoms with Gasteiger partial charge in [-0.1, -0.05) is 58.0 Å². The molecule has 1 aromatic rings. The Hall–Kier alpha value is -2.94. The Morgan fingerprint density at radius 3 is 2.23 bits per heavy atom. The molecule has 35 heavy (non-hydrogen) atoms. The monoisotopic (exact) mass is 487 g/mol. The number of carbonyl (C=O) groups excluding carboxylic acids is 4. The summed E-state index contributed by atoms with van der Waals surface area (Å²) in [5, 5.41) is 11.7. The van der Waals surface area contributed by atoms with Crippen LogP contribution in [0.4, 0.5) is 0 Å². The summed E-state index contributed by atoms with van der Waals surface area (Å²) in [6, 6.07) is 7.05. The molecule has 9 nitrogen and oxygen atoms in total. The topological polar surface area (TPSA) is 120 Å². The van der Waals surface area contributed by atoms with E-state index in [-0.39, 0.29) is 42.3 Å². The van der Waals surface area contributed by atoms with E-state index in [9.17, 15) is 19.2 Å². The molecule has 0 unspecified atom stereocenters. The van der Waals surface area contributed by atoms with Gasteiger partial charge in [-0.05, 0) is 37.8 Å². The third kappa shape index (κ3) is 7.52. The number of nitrogens with zero attached hydrogens (tertiary/aromatic N) is 1. The van der Waals surface area contributed by atoms with Crippen LogP contribution in [0.25, 0.3) is 0 Å². The summed E-state index contributed by atoms with van der Waals surface area (Å²) in [4.78, 5) is 53.1. The van der Waals surface area contributed by atoms with Crippen LogP contribution in [-0.4, -0.2) is 66.3 Å². The first-order valence-corrected chi connectivity index (χ1v) is 12.3. The molecule has 4 N–H and O–H groups in total. The molecular formula is C26H41N5O4. The van der Waals surface area contributed by atoms with Crippen LogP contribution in [0.3, 0.4) is 0 Å². The molecule has 0 saturated carbocycles. The minimum Gasteiger partial charge on any atom is -0.352 e. The summed E-state index contributed by atoms with van der Waals surface area (Å²) >= 11 is 0. The predicted molar refractivity (Wildman–Crippen MR) is 135 cm³/mol. The summed E-state index contributed by atoms with van der Waals surface area (Å²) < 4.78 is 0. The van der Waals surface area contributed by atoms with Crippen molar-refractivity contribution in [1.29, 1.82) is 0 Å². The number of rotatable bonds is 9. The van der Waals surface area contributed by atoms with Crippen LogP contribution in [0, 0.1) is 5.41 Å². The van der Waals surface area contributed by atoms with Gasteiger partial charge in [0.05, 0.1) is 12.1 Å². The molecular weight excluding hydrogens is 446 g/mol. The molecule has 1 fully saturated rings. The van der Waals surface area contributed by atoms with E-state index in [1.54, 1.807) is 14.0 Å². The molecule has 0 bridgehead atoms. The second-order valence-electron chi connectivity index (χ2n) is 10.3. The van der Waals surface area contributed by atoms with Gasteiger partial charge in [-0.25, -0.2) is 0 Å². The number of carbonyl (C=O) groups is 4. The molecule has 194 valence electrons. The number of nitrogens with one attached hydrogen (secondary N) is 4. The molecule has 4 amide bonds. The van der Waals surface area contributed by atoms with Crippen molar-refractivity contribution in [2.45, 2.75) is 84.6 Å². The van der Waals surface area contributed by atoms with Crippen LogP contribution in [0.2, 0.25) is 0 Å². The summed E-state index contributed by atoms with van der Waals surface area (Å²) in [6.07, 6.45) is 0.994. The van der Waals surface area contributed by atoms with Gasteiger partial charge >= 0.3 is 0 Å². The molecule has 2 rings (SSSR count). The van der Waals surface area contributed by atoms with Gasteiger partial charge in [-0.15, -0.1) is 0 Å². The SMILES string of the molecule is CC[C@@H](NC(=O)[C@@H]1C[C@H](NC(C)=O)CN1C(=O)[C@@H](NC(=O)[C@H](C)NC)C(C)(C)C)c1ccccc1. The van der Waals surface area contributed by atoms with Crippen LogP contribution in [0.5, 0.6) is 0 Å². The first-order valence-electron chi connectivity index (χ1n) is 12.3. The number of likely N-dealkylation sites (N-methyl/N-ethyl adjacent to an activating group) is 1. The average Bonchev–Trinajstić information content (AvgIpc) is 3.22. The van der Waals surface area contributed by atoms with E-state index in [0.29, 0.717) is 12.8 Å². The van der Waals surface area contributed by atoms with E-state index >= 15 is 0 Å². The number of amides is 4. The number of hydrogen-bond donors (Lipinski definition) is 4. The van der Waals surface area contributed by atoms with Crippen molar-refractivity contribution in [2.24, 2.45) is 5.41 Å². The van der Waals surface area contributed by atoms with Crippen LogP contribution in [-0.2, 0) is 19.2 Å². The van der Waals surface area contributed by atoms with E-state index in [0.717, 1.165) is 5.56 Å². The number of likely N-dealkylation sites (tertiary alicyclic amines) is 1. The summed E-state index contributed by atoms with van der Waals surface area (Å²) in [5.41, 5.74) is 0.391. The standard InChI is InChI=1S/C26H41N5O4/c1-8-20(18-12-10-9-11-13-18)29-24(34)21-14-19(28-17(3)32)15-31(21)25(35)22(26(4,5)6)30-23(33)16(2)27-7/h9-13,16,19-22,27H,8,14-15H2,1-7H3,(H,28,32)(H,29,34)(H,30,33)/t16-,19-,20+,21-,22+/m0/s1. The second kappa shape index (κ2) is 12.2. The fourth-order valence-electron chi connectivity index (χ4n) is 4.31. The minimum atomic E-state index is -0.840. The number of hydrogen-bond acceptors (Lipinski definition) is 5. The van der Waals surface area contributed by atoms with E-state index in [1.807, 2.05) is 58.0 Å². The van der Waals surface area contributed by atoms with Crippen LogP contribution < -0.4 is 21.3 Å². The summed E-state index contributed by atoms with van der Waals surface area (Å²) in [7, 11) is 1.67. The molecule has 1 aromatic carbocycles. The summed E-state index contributed by atoms with van der Waals surface area (Å²) in [6.45, 7) is 10.9. The van der Waals surface area contributed by atoms with E-state index in [4.69, 9.17) is 0 Å². The zero-order valence-electron chi connectivity index (χ0n) is 22.0. The fraction of sp³-hybridized carbons (Fsp3) is 0.615. The molecule has 0 aliphatic carbocycles. The van der Waals surface area contributed by atoms with Crippen LogP contribution in [0.15, 0.2) is 30.3 Å². The van der Waals surface area contributed by atoms with Gasteiger partial charge < -0.3 is 26.2 Å². The molecule has 1 saturated heterocycles. The highest BCUT2D eigenvalue weighted by molar-refractivity contribution is 5.94. The first-order chi connectivity index (χ1) is 16.4. The second-order valence-corrected chi connectivity index (χ2v) is 10.3. The molecule has 1 aliphatic heterocycles. The molecule has 5 atom stereocenters. The minimum absolute atomic E-state index is 0.197. The Labute approximate surface area is 208 Å². The molecule has 0 spiro atoms. The Bertz CT molecular complexity index is 899. The summed E-state index contributed by atoms with van der Waals surface area (Å²) in [5.74, 6) is -1.13. The third-order valence-electron chi connectivity index (χ3n) is 6.45. The zero-order valence-corrected chi connectivity index (χ0v) is 22.0. The Kier molecular flexibility index (Phi) is 9.82. The van der Waals surface area contributed by atoms with Gasteiger partial charge in [0, 0.05) is 19.5 Å². The average molecular weight is 488 g/mol. The lowest BCUT2D eigenvalue weighted by atomic mass is 9.85. The van der Waals surface area contributed by atoms with Gasteiger partial charge in [0.1, 0.15) is 12.1 Å². The van der Waals surface area contributed by atoms with E-state index < -0.39 is 23.5 Å². The maximum Gasteiger partial charge on any atom is 0.246 e. The smallest absolute Gasteiger partial charge is 0.246 e. The van der Waals surface area contributed by atoms with Crippen molar-refractivity contribution in [2.75, 3.05) is 13.6 Å². The normalized spacial score (nSPS) is 20.5. The first kappa shape index (κ1) is 28.3. The van der Waals surface area contributed by atoms with Gasteiger partial charge in [0.25, 0.3) is 0 Å². The van der Waals surface area contributed by atoms with Crippen molar-refractivity contribution in [3.63, 3.8) is 0 Å². The van der Waals surface area contributed by atoms with Crippen molar-refractivity contribution in [3.05, 3.63) is 35.9 Å². The van der Waals surface area contributed by atoms with Gasteiger partial charge in [-0.2, -0.15) is 0 Å². The highest BCUT2D eigenvalue weighted by Crippen LogP contribution is 2.27. The number of benzene rings is 1. The van der Waals surface area contributed by atoms with Gasteiger partial charge in [0.2, 0.25) is 23.6 Å². The maximum absolute atomic E-state index is 13.8. The lowest BCUT2D eigenvalue weighted by molar-refractivity contribution is -0.144. The highest BCUT2D eigenvalue weighted by atomic mass is 16.2. The van der Waals surface area contributed by atoms with Crippen molar-refractivity contribution < 1.29 is 19.2 Å². The zero-order chi connectivity index (χ0) is 26.3. The highest BCUT2D eigenvalue weighted by Gasteiger charge is 2.45. The fourth-order valence-corrected chi connectivity index (χ4v) is 4.31. The molecule has 0 aromatic heterocycles. The lowest BCUT2D eigenvalue weighted by Gasteiger charge is -2.36. The molecule has 0 radical (unpaired) electrons. The van der Waals surface area contributed by atoms with E-state index in [1.165, 1.54) is 11.8 Å². The Morgan fingerprint density at radius 1 is 1.09 bits per heavy atom. The van der Waals surface area contributed by atoms with Crippen molar-refractivity contribution in [3.8, 4) is 0 Å². The van der Waals surface area contributed by atoms with Crippen molar-refractivity contribution in [1.82, 2.24) is 26.2 Å². The lowest BCUT2D eigenvalue weighted by Crippen LogP contribution is -2.59.